The van der Waals surface area contributed by atoms with Crippen molar-refractivity contribution in [1.82, 2.24) is 19.8 Å². The van der Waals surface area contributed by atoms with Crippen molar-refractivity contribution in [3.63, 3.8) is 0 Å². The number of aromatic nitrogens is 2. The van der Waals surface area contributed by atoms with Crippen molar-refractivity contribution in [3.05, 3.63) is 18.2 Å². The summed E-state index contributed by atoms with van der Waals surface area (Å²) in [6.07, 6.45) is 5.39. The van der Waals surface area contributed by atoms with Gasteiger partial charge in [0, 0.05) is 19.4 Å². The summed E-state index contributed by atoms with van der Waals surface area (Å²) in [4.78, 5) is 18.2. The third-order valence-electron chi connectivity index (χ3n) is 3.74. The van der Waals surface area contributed by atoms with E-state index in [0.29, 0.717) is 0 Å². The van der Waals surface area contributed by atoms with Gasteiger partial charge in [-0.3, -0.25) is 9.69 Å². The van der Waals surface area contributed by atoms with Gasteiger partial charge in [-0.2, -0.15) is 0 Å². The molecule has 0 aromatic carbocycles. The predicted molar refractivity (Wildman–Crippen MR) is 78.3 cm³/mol. The standard InChI is InChI=1S/C14H26N4O2/c1-14(15-2,13(19)20-5)7-6-9-17(3)11-12-16-8-10-18(12)4/h8,10,15H,6-7,9,11H2,1-5H3. The van der Waals surface area contributed by atoms with Gasteiger partial charge in [-0.25, -0.2) is 4.98 Å². The number of imidazole rings is 1. The van der Waals surface area contributed by atoms with Gasteiger partial charge in [0.2, 0.25) is 0 Å². The van der Waals surface area contributed by atoms with Crippen LogP contribution in [0.3, 0.4) is 0 Å². The summed E-state index contributed by atoms with van der Waals surface area (Å²) in [7, 11) is 7.26. The van der Waals surface area contributed by atoms with E-state index in [9.17, 15) is 4.79 Å². The quantitative estimate of drug-likeness (QED) is 0.714. The van der Waals surface area contributed by atoms with Crippen LogP contribution in [-0.4, -0.2) is 53.7 Å². The Labute approximate surface area is 121 Å². The second kappa shape index (κ2) is 7.40. The van der Waals surface area contributed by atoms with Crippen LogP contribution in [0.1, 0.15) is 25.6 Å². The second-order valence-electron chi connectivity index (χ2n) is 5.37. The number of likely N-dealkylation sites (N-methyl/N-ethyl adjacent to an activating group) is 1. The fourth-order valence-corrected chi connectivity index (χ4v) is 2.13. The number of rotatable bonds is 8. The number of hydrogen-bond donors (Lipinski definition) is 1. The van der Waals surface area contributed by atoms with Gasteiger partial charge in [-0.05, 0) is 40.4 Å². The first-order valence-electron chi connectivity index (χ1n) is 6.85. The van der Waals surface area contributed by atoms with Crippen LogP contribution in [0, 0.1) is 0 Å². The molecule has 0 bridgehead atoms. The molecule has 0 amide bonds. The zero-order valence-electron chi connectivity index (χ0n) is 13.1. The average Bonchev–Trinajstić information content (AvgIpc) is 2.83. The second-order valence-corrected chi connectivity index (χ2v) is 5.37. The van der Waals surface area contributed by atoms with Gasteiger partial charge in [-0.1, -0.05) is 0 Å². The van der Waals surface area contributed by atoms with Crippen LogP contribution in [-0.2, 0) is 23.1 Å². The molecule has 114 valence electrons. The lowest BCUT2D eigenvalue weighted by atomic mass is 9.96. The number of carbonyl (C=O) groups excluding carboxylic acids is 1. The van der Waals surface area contributed by atoms with Gasteiger partial charge in [0.05, 0.1) is 13.7 Å². The molecule has 0 saturated heterocycles. The molecule has 6 heteroatoms. The Bertz CT molecular complexity index is 433. The average molecular weight is 282 g/mol. The lowest BCUT2D eigenvalue weighted by Crippen LogP contribution is -2.48. The molecule has 0 spiro atoms. The van der Waals surface area contributed by atoms with Crippen molar-refractivity contribution in [3.8, 4) is 0 Å². The molecule has 0 aliphatic carbocycles. The normalized spacial score (nSPS) is 14.3. The summed E-state index contributed by atoms with van der Waals surface area (Å²) >= 11 is 0. The molecule has 1 unspecified atom stereocenters. The highest BCUT2D eigenvalue weighted by molar-refractivity contribution is 5.80. The molecule has 1 atom stereocenters. The fraction of sp³-hybridized carbons (Fsp3) is 0.714. The van der Waals surface area contributed by atoms with Crippen LogP contribution in [0.2, 0.25) is 0 Å². The van der Waals surface area contributed by atoms with Crippen molar-refractivity contribution in [1.29, 1.82) is 0 Å². The Kier molecular flexibility index (Phi) is 6.16. The molecule has 1 rings (SSSR count). The number of methoxy groups -OCH3 is 1. The molecule has 0 radical (unpaired) electrons. The summed E-state index contributed by atoms with van der Waals surface area (Å²) in [5.41, 5.74) is -0.612. The Balaban J connectivity index is 2.39. The minimum absolute atomic E-state index is 0.216. The molecule has 1 aromatic heterocycles. The van der Waals surface area contributed by atoms with Crippen molar-refractivity contribution in [2.24, 2.45) is 7.05 Å². The largest absolute Gasteiger partial charge is 0.468 e. The predicted octanol–water partition coefficient (Wildman–Crippen LogP) is 0.783. The lowest BCUT2D eigenvalue weighted by Gasteiger charge is -2.27. The van der Waals surface area contributed by atoms with E-state index in [4.69, 9.17) is 4.74 Å². The number of esters is 1. The number of hydrogen-bond acceptors (Lipinski definition) is 5. The zero-order valence-corrected chi connectivity index (χ0v) is 13.1. The molecule has 20 heavy (non-hydrogen) atoms. The molecule has 6 nitrogen and oxygen atoms in total. The topological polar surface area (TPSA) is 59.4 Å². The number of nitrogens with zero attached hydrogens (tertiary/aromatic N) is 3. The third-order valence-corrected chi connectivity index (χ3v) is 3.74. The maximum Gasteiger partial charge on any atom is 0.325 e. The first-order chi connectivity index (χ1) is 9.42. The SMILES string of the molecule is CNC(C)(CCCN(C)Cc1nccn1C)C(=O)OC. The highest BCUT2D eigenvalue weighted by atomic mass is 16.5. The Hall–Kier alpha value is -1.40. The van der Waals surface area contributed by atoms with Crippen LogP contribution >= 0.6 is 0 Å². The Morgan fingerprint density at radius 3 is 2.80 bits per heavy atom. The van der Waals surface area contributed by atoms with E-state index in [2.05, 4.69) is 22.2 Å². The molecule has 0 fully saturated rings. The number of nitrogens with one attached hydrogen (secondary N) is 1. The number of carbonyl (C=O) groups is 1. The molecular formula is C14H26N4O2. The summed E-state index contributed by atoms with van der Waals surface area (Å²) in [6.45, 7) is 3.58. The van der Waals surface area contributed by atoms with Crippen LogP contribution in [0.25, 0.3) is 0 Å². The Morgan fingerprint density at radius 1 is 1.60 bits per heavy atom. The molecule has 1 N–H and O–H groups in total. The van der Waals surface area contributed by atoms with Gasteiger partial charge in [0.1, 0.15) is 11.4 Å². The van der Waals surface area contributed by atoms with E-state index >= 15 is 0 Å². The summed E-state index contributed by atoms with van der Waals surface area (Å²) in [5.74, 6) is 0.823. The maximum atomic E-state index is 11.7. The van der Waals surface area contributed by atoms with Crippen molar-refractivity contribution in [2.75, 3.05) is 27.7 Å². The van der Waals surface area contributed by atoms with E-state index in [-0.39, 0.29) is 5.97 Å². The van der Waals surface area contributed by atoms with Crippen molar-refractivity contribution in [2.45, 2.75) is 31.8 Å². The minimum Gasteiger partial charge on any atom is -0.468 e. The van der Waals surface area contributed by atoms with Gasteiger partial charge >= 0.3 is 5.97 Å². The van der Waals surface area contributed by atoms with E-state index in [1.807, 2.05) is 24.7 Å². The van der Waals surface area contributed by atoms with E-state index < -0.39 is 5.54 Å². The molecular weight excluding hydrogens is 256 g/mol. The highest BCUT2D eigenvalue weighted by Crippen LogP contribution is 2.14. The highest BCUT2D eigenvalue weighted by Gasteiger charge is 2.31. The van der Waals surface area contributed by atoms with Gasteiger partial charge in [0.25, 0.3) is 0 Å². The minimum atomic E-state index is -0.612. The van der Waals surface area contributed by atoms with Crippen LogP contribution in [0.15, 0.2) is 12.4 Å². The molecule has 0 aliphatic rings. The third kappa shape index (κ3) is 4.31. The first kappa shape index (κ1) is 16.7. The molecule has 0 aliphatic heterocycles. The number of aryl methyl sites for hydroxylation is 1. The number of ether oxygens (including phenoxy) is 1. The Morgan fingerprint density at radius 2 is 2.30 bits per heavy atom. The molecule has 1 aromatic rings. The summed E-state index contributed by atoms with van der Waals surface area (Å²) < 4.78 is 6.85. The molecule has 1 heterocycles. The van der Waals surface area contributed by atoms with Gasteiger partial charge in [-0.15, -0.1) is 0 Å². The lowest BCUT2D eigenvalue weighted by molar-refractivity contribution is -0.148. The summed E-state index contributed by atoms with van der Waals surface area (Å²) in [5, 5.41) is 3.05. The van der Waals surface area contributed by atoms with Gasteiger partial charge < -0.3 is 14.6 Å². The van der Waals surface area contributed by atoms with Crippen molar-refractivity contribution < 1.29 is 9.53 Å². The maximum absolute atomic E-state index is 11.7. The smallest absolute Gasteiger partial charge is 0.325 e. The van der Waals surface area contributed by atoms with Crippen LogP contribution in [0.5, 0.6) is 0 Å². The van der Waals surface area contributed by atoms with E-state index in [1.54, 1.807) is 13.2 Å². The molecule has 0 saturated carbocycles. The van der Waals surface area contributed by atoms with E-state index in [0.717, 1.165) is 31.8 Å². The van der Waals surface area contributed by atoms with E-state index in [1.165, 1.54) is 7.11 Å². The first-order valence-corrected chi connectivity index (χ1v) is 6.85. The fourth-order valence-electron chi connectivity index (χ4n) is 2.13. The zero-order chi connectivity index (χ0) is 15.2. The van der Waals surface area contributed by atoms with Gasteiger partial charge in [0.15, 0.2) is 0 Å². The van der Waals surface area contributed by atoms with Crippen molar-refractivity contribution >= 4 is 5.97 Å². The van der Waals surface area contributed by atoms with Crippen LogP contribution < -0.4 is 5.32 Å². The van der Waals surface area contributed by atoms with Crippen LogP contribution in [0.4, 0.5) is 0 Å². The monoisotopic (exact) mass is 282 g/mol. The summed E-state index contributed by atoms with van der Waals surface area (Å²) in [6, 6.07) is 0.